The molecule has 6 rings (SSSR count). The van der Waals surface area contributed by atoms with Crippen LogP contribution in [0.1, 0.15) is 91.8 Å². The molecule has 0 aliphatic heterocycles. The van der Waals surface area contributed by atoms with Crippen LogP contribution < -0.4 is 0 Å². The smallest absolute Gasteiger partial charge is 0.193 e. The largest absolute Gasteiger partial charge is 0.377 e. The number of carbonyl (C=O) groups excluding carboxylic acids is 2. The second-order valence-corrected chi connectivity index (χ2v) is 11.9. The summed E-state index contributed by atoms with van der Waals surface area (Å²) in [7, 11) is 0. The molecule has 0 bridgehead atoms. The Bertz CT molecular complexity index is 1530. The van der Waals surface area contributed by atoms with Gasteiger partial charge in [-0.3, -0.25) is 9.59 Å². The first-order valence-electron chi connectivity index (χ1n) is 14.1. The molecule has 4 heteroatoms. The third-order valence-corrected chi connectivity index (χ3v) is 10.1. The maximum absolute atomic E-state index is 13.2. The molecule has 4 aliphatic carbocycles. The lowest BCUT2D eigenvalue weighted by molar-refractivity contribution is -0.114. The van der Waals surface area contributed by atoms with E-state index in [-0.39, 0.29) is 22.9 Å². The van der Waals surface area contributed by atoms with E-state index in [9.17, 15) is 14.7 Å². The molecule has 196 valence electrons. The summed E-state index contributed by atoms with van der Waals surface area (Å²) in [5.74, 6) is 7.20. The molecule has 0 unspecified atom stereocenters. The van der Waals surface area contributed by atoms with Crippen LogP contribution in [0.25, 0.3) is 0 Å². The van der Waals surface area contributed by atoms with Gasteiger partial charge in [0.1, 0.15) is 5.60 Å². The highest BCUT2D eigenvalue weighted by Crippen LogP contribution is 2.66. The fraction of sp³-hybridized carbons (Fsp3) is 0.400. The van der Waals surface area contributed by atoms with Crippen LogP contribution in [0.5, 0.6) is 0 Å². The molecule has 0 heterocycles. The van der Waals surface area contributed by atoms with Crippen molar-refractivity contribution in [1.82, 2.24) is 0 Å². The lowest BCUT2D eigenvalue weighted by Gasteiger charge is -2.53. The highest BCUT2D eigenvalue weighted by molar-refractivity contribution is 6.09. The third kappa shape index (κ3) is 4.02. The summed E-state index contributed by atoms with van der Waals surface area (Å²) in [6, 6.07) is 16.8. The molecule has 0 radical (unpaired) electrons. The molecular formula is C35H33NO3. The Hall–Kier alpha value is -3.73. The fourth-order valence-electron chi connectivity index (χ4n) is 8.11. The number of fused-ring (bicyclic) bond motifs is 4. The second-order valence-electron chi connectivity index (χ2n) is 11.9. The van der Waals surface area contributed by atoms with Crippen molar-refractivity contribution in [2.24, 2.45) is 17.3 Å². The Morgan fingerprint density at radius 3 is 2.36 bits per heavy atom. The zero-order chi connectivity index (χ0) is 27.4. The van der Waals surface area contributed by atoms with Gasteiger partial charge in [0.25, 0.3) is 0 Å². The van der Waals surface area contributed by atoms with Crippen LogP contribution in [-0.4, -0.2) is 22.3 Å². The Kier molecular flexibility index (Phi) is 6.21. The molecule has 0 aromatic heterocycles. The number of hydrogen-bond donors (Lipinski definition) is 1. The van der Waals surface area contributed by atoms with E-state index in [2.05, 4.69) is 37.0 Å². The van der Waals surface area contributed by atoms with Crippen LogP contribution in [-0.2, 0) is 4.79 Å². The third-order valence-electron chi connectivity index (χ3n) is 10.1. The summed E-state index contributed by atoms with van der Waals surface area (Å²) >= 11 is 0. The van der Waals surface area contributed by atoms with Gasteiger partial charge in [-0.25, -0.2) is 0 Å². The number of hydrogen-bond acceptors (Lipinski definition) is 4. The van der Waals surface area contributed by atoms with Crippen molar-refractivity contribution >= 4 is 11.6 Å². The fourth-order valence-corrected chi connectivity index (χ4v) is 8.11. The Morgan fingerprint density at radius 2 is 1.69 bits per heavy atom. The zero-order valence-electron chi connectivity index (χ0n) is 22.6. The summed E-state index contributed by atoms with van der Waals surface area (Å²) in [6.07, 6.45) is 7.61. The van der Waals surface area contributed by atoms with Gasteiger partial charge >= 0.3 is 0 Å². The van der Waals surface area contributed by atoms with Gasteiger partial charge in [-0.1, -0.05) is 42.7 Å². The molecule has 2 aromatic carbocycles. The minimum Gasteiger partial charge on any atom is -0.377 e. The van der Waals surface area contributed by atoms with Gasteiger partial charge in [-0.2, -0.15) is 5.26 Å². The highest BCUT2D eigenvalue weighted by atomic mass is 16.3. The van der Waals surface area contributed by atoms with Crippen molar-refractivity contribution in [3.8, 4) is 17.9 Å². The van der Waals surface area contributed by atoms with E-state index in [1.165, 1.54) is 16.7 Å². The number of benzene rings is 2. The standard InChI is InChI=1S/C35H33NO3/c1-3-17-35(39)18-16-31-29-14-12-26-19-27(37)13-15-28(26)32(29)30(20-34(31,35)2)23-8-10-25(11-9-23)33(38)24-6-4-22(21-36)5-7-24/h4-11,19,29-31,39H,12-16,18,20H2,1-2H3/t29-,30+,31-,34-,35-/m0/s1. The van der Waals surface area contributed by atoms with Crippen LogP contribution in [0, 0.1) is 40.4 Å². The van der Waals surface area contributed by atoms with E-state index < -0.39 is 5.60 Å². The van der Waals surface area contributed by atoms with Crippen molar-refractivity contribution in [2.45, 2.75) is 70.3 Å². The molecule has 1 N–H and O–H groups in total. The maximum atomic E-state index is 13.2. The molecule has 2 fully saturated rings. The first-order valence-corrected chi connectivity index (χ1v) is 14.1. The summed E-state index contributed by atoms with van der Waals surface area (Å²) < 4.78 is 0. The summed E-state index contributed by atoms with van der Waals surface area (Å²) in [6.45, 7) is 4.05. The quantitative estimate of drug-likeness (QED) is 0.377. The van der Waals surface area contributed by atoms with Gasteiger partial charge in [0.2, 0.25) is 0 Å². The molecule has 0 spiro atoms. The number of nitriles is 1. The van der Waals surface area contributed by atoms with Gasteiger partial charge < -0.3 is 5.11 Å². The molecule has 4 aliphatic rings. The van der Waals surface area contributed by atoms with Crippen molar-refractivity contribution in [3.63, 3.8) is 0 Å². The predicted octanol–water partition coefficient (Wildman–Crippen LogP) is 6.44. The number of ketones is 2. The number of nitrogens with zero attached hydrogens (tertiary/aromatic N) is 1. The van der Waals surface area contributed by atoms with Crippen LogP contribution in [0.4, 0.5) is 0 Å². The van der Waals surface area contributed by atoms with Crippen molar-refractivity contribution in [3.05, 3.63) is 93.6 Å². The van der Waals surface area contributed by atoms with Crippen LogP contribution >= 0.6 is 0 Å². The van der Waals surface area contributed by atoms with Gasteiger partial charge in [-0.15, -0.1) is 5.92 Å². The highest BCUT2D eigenvalue weighted by Gasteiger charge is 2.62. The van der Waals surface area contributed by atoms with E-state index in [1.54, 1.807) is 24.3 Å². The van der Waals surface area contributed by atoms with E-state index in [4.69, 9.17) is 5.26 Å². The Balaban J connectivity index is 1.42. The molecule has 4 nitrogen and oxygen atoms in total. The molecule has 39 heavy (non-hydrogen) atoms. The normalized spacial score (nSPS) is 31.2. The first-order chi connectivity index (χ1) is 18.8. The van der Waals surface area contributed by atoms with Crippen molar-refractivity contribution < 1.29 is 14.7 Å². The van der Waals surface area contributed by atoms with E-state index >= 15 is 0 Å². The van der Waals surface area contributed by atoms with E-state index in [0.29, 0.717) is 41.4 Å². The van der Waals surface area contributed by atoms with E-state index in [1.807, 2.05) is 25.1 Å². The van der Waals surface area contributed by atoms with Gasteiger partial charge in [0.15, 0.2) is 11.6 Å². The average Bonchev–Trinajstić information content (AvgIpc) is 3.22. The monoisotopic (exact) mass is 515 g/mol. The number of carbonyl (C=O) groups is 2. The average molecular weight is 516 g/mol. The van der Waals surface area contributed by atoms with Crippen LogP contribution in [0.2, 0.25) is 0 Å². The number of aliphatic hydroxyl groups is 1. The van der Waals surface area contributed by atoms with Gasteiger partial charge in [-0.05, 0) is 104 Å². The van der Waals surface area contributed by atoms with Crippen LogP contribution in [0.15, 0.2) is 71.3 Å². The number of rotatable bonds is 3. The van der Waals surface area contributed by atoms with Gasteiger partial charge in [0, 0.05) is 28.9 Å². The molecule has 2 aromatic rings. The first kappa shape index (κ1) is 25.5. The lowest BCUT2D eigenvalue weighted by atomic mass is 9.51. The molecule has 2 saturated carbocycles. The SMILES string of the molecule is CC#C[C@]1(O)CC[C@H]2[C@@H]3CCC4=CC(=O)CCC4=C3[C@@H](c3ccc(C(=O)c4ccc(C#N)cc4)cc3)C[C@@]21C. The van der Waals surface area contributed by atoms with Crippen LogP contribution in [0.3, 0.4) is 0 Å². The summed E-state index contributed by atoms with van der Waals surface area (Å²) in [4.78, 5) is 25.4. The minimum atomic E-state index is -1.01. The molecule has 5 atom stereocenters. The topological polar surface area (TPSA) is 78.2 Å². The summed E-state index contributed by atoms with van der Waals surface area (Å²) in [5.41, 5.74) is 5.54. The molecule has 0 saturated heterocycles. The van der Waals surface area contributed by atoms with E-state index in [0.717, 1.165) is 37.7 Å². The van der Waals surface area contributed by atoms with Crippen molar-refractivity contribution in [2.75, 3.05) is 0 Å². The lowest BCUT2D eigenvalue weighted by Crippen LogP contribution is -2.51. The molecule has 0 amide bonds. The van der Waals surface area contributed by atoms with Crippen molar-refractivity contribution in [1.29, 1.82) is 5.26 Å². The number of allylic oxidation sites excluding steroid dienone is 4. The maximum Gasteiger partial charge on any atom is 0.193 e. The zero-order valence-corrected chi connectivity index (χ0v) is 22.6. The minimum absolute atomic E-state index is 0.0707. The summed E-state index contributed by atoms with van der Waals surface area (Å²) in [5, 5.41) is 20.9. The van der Waals surface area contributed by atoms with Gasteiger partial charge in [0.05, 0.1) is 11.6 Å². The second kappa shape index (κ2) is 9.48. The Morgan fingerprint density at radius 1 is 1.00 bits per heavy atom. The predicted molar refractivity (Wildman–Crippen MR) is 150 cm³/mol. The molecular weight excluding hydrogens is 482 g/mol. The Labute approximate surface area is 230 Å².